The zero-order valence-electron chi connectivity index (χ0n) is 17.4. The molecule has 3 heterocycles. The second-order valence-corrected chi connectivity index (χ2v) is 9.20. The molecular formula is C20H28N6O2. The first-order valence-electron chi connectivity index (χ1n) is 9.49. The van der Waals surface area contributed by atoms with Crippen LogP contribution in [0.5, 0.6) is 0 Å². The molecule has 0 fully saturated rings. The van der Waals surface area contributed by atoms with Crippen LogP contribution in [0.25, 0.3) is 11.0 Å². The van der Waals surface area contributed by atoms with Gasteiger partial charge < -0.3 is 10.6 Å². The summed E-state index contributed by atoms with van der Waals surface area (Å²) in [6, 6.07) is 1.97. The molecule has 28 heavy (non-hydrogen) atoms. The highest BCUT2D eigenvalue weighted by Gasteiger charge is 2.26. The summed E-state index contributed by atoms with van der Waals surface area (Å²) in [5, 5.41) is 9.60. The summed E-state index contributed by atoms with van der Waals surface area (Å²) in [5.74, 6) is 0.117. The number of hydrogen-bond acceptors (Lipinski definition) is 6. The predicted molar refractivity (Wildman–Crippen MR) is 109 cm³/mol. The van der Waals surface area contributed by atoms with E-state index < -0.39 is 10.8 Å². The molecule has 1 aliphatic rings. The van der Waals surface area contributed by atoms with Crippen LogP contribution < -0.4 is 16.0 Å². The van der Waals surface area contributed by atoms with E-state index in [1.165, 1.54) is 0 Å². The van der Waals surface area contributed by atoms with Crippen molar-refractivity contribution in [1.29, 1.82) is 0 Å². The molecule has 0 atom stereocenters. The first-order chi connectivity index (χ1) is 12.9. The number of aromatic nitrogens is 3. The molecule has 0 aromatic carbocycles. The lowest BCUT2D eigenvalue weighted by molar-refractivity contribution is -0.123. The fourth-order valence-corrected chi connectivity index (χ4v) is 2.67. The first-order valence-corrected chi connectivity index (χ1v) is 9.49. The number of carbonyl (C=O) groups is 2. The highest BCUT2D eigenvalue weighted by molar-refractivity contribution is 6.02. The molecule has 0 saturated carbocycles. The minimum absolute atomic E-state index is 0.137. The fourth-order valence-electron chi connectivity index (χ4n) is 2.67. The maximum atomic E-state index is 12.6. The van der Waals surface area contributed by atoms with Crippen LogP contribution in [0.15, 0.2) is 6.07 Å². The molecule has 0 bridgehead atoms. The Balaban J connectivity index is 2.10. The molecule has 0 saturated heterocycles. The minimum Gasteiger partial charge on any atom is -0.312 e. The number of fused-ring (bicyclic) bond motifs is 2. The van der Waals surface area contributed by atoms with Gasteiger partial charge in [0.1, 0.15) is 5.82 Å². The molecule has 3 rings (SSSR count). The third-order valence-electron chi connectivity index (χ3n) is 4.53. The molecule has 0 aliphatic carbocycles. The summed E-state index contributed by atoms with van der Waals surface area (Å²) in [4.78, 5) is 38.5. The van der Waals surface area contributed by atoms with Crippen LogP contribution in [0.1, 0.15) is 52.8 Å². The largest absolute Gasteiger partial charge is 0.312 e. The van der Waals surface area contributed by atoms with Crippen molar-refractivity contribution in [3.05, 3.63) is 17.3 Å². The van der Waals surface area contributed by atoms with Crippen LogP contribution in [0, 0.1) is 10.8 Å². The van der Waals surface area contributed by atoms with E-state index in [-0.39, 0.29) is 17.8 Å². The number of anilines is 2. The molecule has 150 valence electrons. The van der Waals surface area contributed by atoms with Crippen LogP contribution in [0.3, 0.4) is 0 Å². The van der Waals surface area contributed by atoms with E-state index >= 15 is 0 Å². The van der Waals surface area contributed by atoms with Gasteiger partial charge in [-0.2, -0.15) is 9.97 Å². The maximum absolute atomic E-state index is 12.6. The normalized spacial score (nSPS) is 14.5. The van der Waals surface area contributed by atoms with Crippen molar-refractivity contribution >= 4 is 34.6 Å². The number of rotatable bonds is 2. The summed E-state index contributed by atoms with van der Waals surface area (Å²) in [5.41, 5.74) is 1.33. The maximum Gasteiger partial charge on any atom is 0.233 e. The second-order valence-electron chi connectivity index (χ2n) is 9.20. The van der Waals surface area contributed by atoms with Crippen LogP contribution >= 0.6 is 0 Å². The van der Waals surface area contributed by atoms with E-state index in [0.29, 0.717) is 23.4 Å². The van der Waals surface area contributed by atoms with Gasteiger partial charge in [0.15, 0.2) is 5.65 Å². The topological polar surface area (TPSA) is 109 Å². The van der Waals surface area contributed by atoms with E-state index in [1.807, 2.05) is 47.6 Å². The van der Waals surface area contributed by atoms with Gasteiger partial charge in [0.2, 0.25) is 17.8 Å². The summed E-state index contributed by atoms with van der Waals surface area (Å²) in [6.07, 6.45) is 0.808. The summed E-state index contributed by atoms with van der Waals surface area (Å²) >= 11 is 0. The molecule has 0 unspecified atom stereocenters. The lowest BCUT2D eigenvalue weighted by Crippen LogP contribution is -2.30. The lowest BCUT2D eigenvalue weighted by Gasteiger charge is -2.21. The zero-order valence-corrected chi connectivity index (χ0v) is 17.4. The highest BCUT2D eigenvalue weighted by Crippen LogP contribution is 2.27. The average molecular weight is 384 g/mol. The van der Waals surface area contributed by atoms with Gasteiger partial charge >= 0.3 is 0 Å². The monoisotopic (exact) mass is 384 g/mol. The fraction of sp³-hybridized carbons (Fsp3) is 0.550. The quantitative estimate of drug-likeness (QED) is 0.734. The third kappa shape index (κ3) is 4.27. The van der Waals surface area contributed by atoms with Crippen molar-refractivity contribution in [3.63, 3.8) is 0 Å². The second kappa shape index (κ2) is 7.09. The van der Waals surface area contributed by atoms with Gasteiger partial charge in [-0.05, 0) is 11.6 Å². The number of pyridine rings is 1. The standard InChI is InChI=1S/C20H28N6O2/c1-19(2,3)16(27)23-15-12-9-11-10-21-8-7-13(11)22-14(12)24-18(25-15)26-17(28)20(4,5)6/h9,21H,7-8,10H2,1-6H3,(H2,22,23,24,25,26,27,28). The Kier molecular flexibility index (Phi) is 5.10. The van der Waals surface area contributed by atoms with Gasteiger partial charge in [0.05, 0.1) is 5.39 Å². The Morgan fingerprint density at radius 3 is 2.25 bits per heavy atom. The van der Waals surface area contributed by atoms with Crippen molar-refractivity contribution in [2.24, 2.45) is 10.8 Å². The minimum atomic E-state index is -0.595. The Labute approximate surface area is 164 Å². The van der Waals surface area contributed by atoms with Gasteiger partial charge in [-0.25, -0.2) is 4.98 Å². The van der Waals surface area contributed by atoms with E-state index in [0.717, 1.165) is 24.2 Å². The van der Waals surface area contributed by atoms with Gasteiger partial charge in [-0.1, -0.05) is 41.5 Å². The molecule has 0 radical (unpaired) electrons. The van der Waals surface area contributed by atoms with E-state index in [9.17, 15) is 9.59 Å². The number of hydrogen-bond donors (Lipinski definition) is 3. The van der Waals surface area contributed by atoms with Crippen molar-refractivity contribution in [2.45, 2.75) is 54.5 Å². The summed E-state index contributed by atoms with van der Waals surface area (Å²) < 4.78 is 0. The SMILES string of the molecule is CC(C)(C)C(=O)Nc1nc(NC(=O)C(C)(C)C)c2cc3c(nc2n1)CCNC3. The van der Waals surface area contributed by atoms with Crippen LogP contribution in [-0.2, 0) is 22.6 Å². The van der Waals surface area contributed by atoms with Gasteiger partial charge in [-0.15, -0.1) is 0 Å². The molecule has 8 nitrogen and oxygen atoms in total. The number of carbonyl (C=O) groups excluding carboxylic acids is 2. The molecule has 0 spiro atoms. The molecule has 2 aromatic heterocycles. The Hall–Kier alpha value is -2.61. The predicted octanol–water partition coefficient (Wildman–Crippen LogP) is 2.64. The number of nitrogens with zero attached hydrogens (tertiary/aromatic N) is 3. The Morgan fingerprint density at radius 1 is 0.964 bits per heavy atom. The molecule has 1 aliphatic heterocycles. The van der Waals surface area contributed by atoms with Crippen LogP contribution in [-0.4, -0.2) is 33.3 Å². The Bertz CT molecular complexity index is 940. The van der Waals surface area contributed by atoms with Crippen molar-refractivity contribution in [1.82, 2.24) is 20.3 Å². The van der Waals surface area contributed by atoms with E-state index in [4.69, 9.17) is 0 Å². The van der Waals surface area contributed by atoms with E-state index in [2.05, 4.69) is 30.9 Å². The number of amides is 2. The van der Waals surface area contributed by atoms with Gasteiger partial charge in [0, 0.05) is 36.0 Å². The third-order valence-corrected chi connectivity index (χ3v) is 4.53. The highest BCUT2D eigenvalue weighted by atomic mass is 16.2. The smallest absolute Gasteiger partial charge is 0.233 e. The van der Waals surface area contributed by atoms with Gasteiger partial charge in [-0.3, -0.25) is 14.9 Å². The molecule has 2 aromatic rings. The number of nitrogens with one attached hydrogen (secondary N) is 3. The summed E-state index contributed by atoms with van der Waals surface area (Å²) in [7, 11) is 0. The molecule has 8 heteroatoms. The van der Waals surface area contributed by atoms with Crippen molar-refractivity contribution in [2.75, 3.05) is 17.2 Å². The first kappa shape index (κ1) is 20.1. The van der Waals surface area contributed by atoms with Crippen LogP contribution in [0.2, 0.25) is 0 Å². The lowest BCUT2D eigenvalue weighted by atomic mass is 9.95. The molecular weight excluding hydrogens is 356 g/mol. The summed E-state index contributed by atoms with van der Waals surface area (Å²) in [6.45, 7) is 12.5. The molecule has 2 amide bonds. The Morgan fingerprint density at radius 2 is 1.61 bits per heavy atom. The van der Waals surface area contributed by atoms with Crippen molar-refractivity contribution in [3.8, 4) is 0 Å². The zero-order chi connectivity index (χ0) is 20.7. The van der Waals surface area contributed by atoms with E-state index in [1.54, 1.807) is 0 Å². The van der Waals surface area contributed by atoms with Crippen molar-refractivity contribution < 1.29 is 9.59 Å². The van der Waals surface area contributed by atoms with Crippen LogP contribution in [0.4, 0.5) is 11.8 Å². The molecule has 3 N–H and O–H groups in total. The average Bonchev–Trinajstić information content (AvgIpc) is 2.58. The van der Waals surface area contributed by atoms with Gasteiger partial charge in [0.25, 0.3) is 0 Å².